The van der Waals surface area contributed by atoms with Gasteiger partial charge in [0.05, 0.1) is 13.2 Å². The van der Waals surface area contributed by atoms with E-state index in [4.69, 9.17) is 11.6 Å². The molecule has 9 heteroatoms. The van der Waals surface area contributed by atoms with Gasteiger partial charge in [-0.3, -0.25) is 4.57 Å². The summed E-state index contributed by atoms with van der Waals surface area (Å²) in [4.78, 5) is -3.72. The number of hydrogen-bond acceptors (Lipinski definition) is 5. The molecule has 0 heterocycles. The fourth-order valence-corrected chi connectivity index (χ4v) is 3.77. The van der Waals surface area contributed by atoms with Gasteiger partial charge in [-0.1, -0.05) is 17.7 Å². The van der Waals surface area contributed by atoms with E-state index in [9.17, 15) is 13.3 Å². The molecule has 20 heavy (non-hydrogen) atoms. The van der Waals surface area contributed by atoms with Gasteiger partial charge in [0.2, 0.25) is 0 Å². The fraction of sp³-hybridized carbons (Fsp3) is 0.455. The summed E-state index contributed by atoms with van der Waals surface area (Å²) in [6.45, 7) is 2.67. The molecule has 0 amide bonds. The molecular formula is C11H15ClF2NO3PS. The number of anilines is 1. The van der Waals surface area contributed by atoms with E-state index < -0.39 is 12.6 Å². The van der Waals surface area contributed by atoms with E-state index in [1.54, 1.807) is 18.2 Å². The van der Waals surface area contributed by atoms with E-state index in [1.165, 1.54) is 19.9 Å². The van der Waals surface area contributed by atoms with Crippen LogP contribution in [0.5, 0.6) is 0 Å². The number of hydrogen-bond donors (Lipinski definition) is 1. The zero-order valence-corrected chi connectivity index (χ0v) is 13.4. The molecule has 0 aromatic heterocycles. The van der Waals surface area contributed by atoms with Crippen LogP contribution in [0.1, 0.15) is 13.8 Å². The SMILES string of the molecule is CCOP(=O)(OCC)C(F)(F)SNc1cccc(Cl)c1. The lowest BCUT2D eigenvalue weighted by molar-refractivity contribution is 0.112. The summed E-state index contributed by atoms with van der Waals surface area (Å²) in [7, 11) is -4.54. The Hall–Kier alpha value is -0.330. The summed E-state index contributed by atoms with van der Waals surface area (Å²) in [6, 6.07) is 6.24. The minimum Gasteiger partial charge on any atom is -0.324 e. The van der Waals surface area contributed by atoms with Crippen LogP contribution in [0.3, 0.4) is 0 Å². The molecule has 0 aliphatic heterocycles. The minimum absolute atomic E-state index is 0.0277. The highest BCUT2D eigenvalue weighted by atomic mass is 35.5. The van der Waals surface area contributed by atoms with Gasteiger partial charge in [-0.2, -0.15) is 8.78 Å². The van der Waals surface area contributed by atoms with Crippen LogP contribution in [-0.2, 0) is 13.6 Å². The maximum atomic E-state index is 14.0. The molecule has 1 rings (SSSR count). The Morgan fingerprint density at radius 1 is 1.35 bits per heavy atom. The number of rotatable bonds is 8. The number of halogens is 3. The van der Waals surface area contributed by atoms with Gasteiger partial charge >= 0.3 is 12.6 Å². The summed E-state index contributed by atoms with van der Waals surface area (Å²) >= 11 is 5.72. The van der Waals surface area contributed by atoms with Crippen molar-refractivity contribution in [1.29, 1.82) is 0 Å². The Labute approximate surface area is 125 Å². The number of benzene rings is 1. The molecule has 0 atom stereocenters. The summed E-state index contributed by atoms with van der Waals surface area (Å²) < 4.78 is 51.7. The van der Waals surface area contributed by atoms with Gasteiger partial charge < -0.3 is 13.8 Å². The monoisotopic (exact) mass is 345 g/mol. The van der Waals surface area contributed by atoms with Crippen molar-refractivity contribution in [3.63, 3.8) is 0 Å². The van der Waals surface area contributed by atoms with Gasteiger partial charge in [-0.25, -0.2) is 0 Å². The molecule has 0 saturated heterocycles. The zero-order chi connectivity index (χ0) is 15.2. The standard InChI is InChI=1S/C11H15ClF2NO3PS/c1-3-17-19(16,18-4-2)11(13,14)20-15-10-7-5-6-9(12)8-10/h5-8,15H,3-4H2,1-2H3. The van der Waals surface area contributed by atoms with Gasteiger partial charge in [-0.05, 0) is 32.0 Å². The third kappa shape index (κ3) is 4.60. The van der Waals surface area contributed by atoms with E-state index in [-0.39, 0.29) is 25.2 Å². The molecule has 114 valence electrons. The third-order valence-electron chi connectivity index (χ3n) is 2.03. The summed E-state index contributed by atoms with van der Waals surface area (Å²) in [5.74, 6) is 0. The summed E-state index contributed by atoms with van der Waals surface area (Å²) in [6.07, 6.45) is 0. The zero-order valence-electron chi connectivity index (χ0n) is 10.9. The van der Waals surface area contributed by atoms with Crippen LogP contribution < -0.4 is 4.72 Å². The Kier molecular flexibility index (Phi) is 6.75. The van der Waals surface area contributed by atoms with E-state index in [2.05, 4.69) is 13.8 Å². The second-order valence-corrected chi connectivity index (χ2v) is 7.27. The van der Waals surface area contributed by atoms with Crippen LogP contribution in [-0.4, -0.2) is 18.2 Å². The first-order valence-electron chi connectivity index (χ1n) is 5.81. The first kappa shape index (κ1) is 17.7. The first-order chi connectivity index (χ1) is 9.34. The molecule has 0 aliphatic carbocycles. The van der Waals surface area contributed by atoms with Crippen molar-refractivity contribution in [3.8, 4) is 0 Å². The highest BCUT2D eigenvalue weighted by Gasteiger charge is 2.54. The summed E-state index contributed by atoms with van der Waals surface area (Å²) in [5, 5.41) is 0.400. The third-order valence-corrected chi connectivity index (χ3v) is 5.63. The van der Waals surface area contributed by atoms with Crippen LogP contribution in [0.15, 0.2) is 24.3 Å². The minimum atomic E-state index is -4.54. The van der Waals surface area contributed by atoms with Crippen LogP contribution in [0, 0.1) is 0 Å². The predicted octanol–water partition coefficient (Wildman–Crippen LogP) is 5.22. The van der Waals surface area contributed by atoms with Crippen LogP contribution in [0.4, 0.5) is 14.5 Å². The van der Waals surface area contributed by atoms with Crippen molar-refractivity contribution in [2.24, 2.45) is 0 Å². The molecule has 0 aliphatic rings. The van der Waals surface area contributed by atoms with E-state index in [0.29, 0.717) is 10.7 Å². The maximum absolute atomic E-state index is 14.0. The second kappa shape index (κ2) is 7.61. The number of alkyl halides is 2. The highest BCUT2D eigenvalue weighted by molar-refractivity contribution is 8.07. The topological polar surface area (TPSA) is 47.6 Å². The largest absolute Gasteiger partial charge is 0.412 e. The second-order valence-electron chi connectivity index (χ2n) is 3.53. The molecule has 4 nitrogen and oxygen atoms in total. The molecule has 0 bridgehead atoms. The summed E-state index contributed by atoms with van der Waals surface area (Å²) in [5.41, 5.74) is 0.363. The Balaban J connectivity index is 2.79. The van der Waals surface area contributed by atoms with Gasteiger partial charge in [0.15, 0.2) is 0 Å². The molecule has 1 N–H and O–H groups in total. The van der Waals surface area contributed by atoms with Crippen molar-refractivity contribution < 1.29 is 22.4 Å². The van der Waals surface area contributed by atoms with E-state index in [0.717, 1.165) is 0 Å². The fourth-order valence-electron chi connectivity index (χ4n) is 1.26. The van der Waals surface area contributed by atoms with Gasteiger partial charge in [-0.15, -0.1) is 0 Å². The van der Waals surface area contributed by atoms with Gasteiger partial charge in [0, 0.05) is 22.7 Å². The van der Waals surface area contributed by atoms with E-state index in [1.807, 2.05) is 0 Å². The average molecular weight is 346 g/mol. The van der Waals surface area contributed by atoms with Crippen molar-refractivity contribution >= 4 is 36.8 Å². The Morgan fingerprint density at radius 3 is 2.45 bits per heavy atom. The maximum Gasteiger partial charge on any atom is 0.412 e. The van der Waals surface area contributed by atoms with Crippen LogP contribution in [0.25, 0.3) is 0 Å². The highest BCUT2D eigenvalue weighted by Crippen LogP contribution is 2.66. The quantitative estimate of drug-likeness (QED) is 0.517. The molecule has 0 unspecified atom stereocenters. The Morgan fingerprint density at radius 2 is 1.95 bits per heavy atom. The normalized spacial score (nSPS) is 12.4. The van der Waals surface area contributed by atoms with Crippen molar-refractivity contribution in [1.82, 2.24) is 0 Å². The Bertz CT molecular complexity index is 482. The lowest BCUT2D eigenvalue weighted by Gasteiger charge is -2.25. The average Bonchev–Trinajstić information content (AvgIpc) is 2.37. The lowest BCUT2D eigenvalue weighted by Crippen LogP contribution is -2.18. The predicted molar refractivity (Wildman–Crippen MR) is 78.5 cm³/mol. The van der Waals surface area contributed by atoms with Gasteiger partial charge in [0.1, 0.15) is 0 Å². The molecule has 0 fully saturated rings. The van der Waals surface area contributed by atoms with Crippen molar-refractivity contribution in [3.05, 3.63) is 29.3 Å². The first-order valence-corrected chi connectivity index (χ1v) is 8.55. The molecule has 1 aromatic carbocycles. The lowest BCUT2D eigenvalue weighted by atomic mass is 10.3. The van der Waals surface area contributed by atoms with Crippen LogP contribution in [0.2, 0.25) is 5.02 Å². The van der Waals surface area contributed by atoms with Crippen molar-refractivity contribution in [2.45, 2.75) is 18.8 Å². The molecule has 0 spiro atoms. The molecular weight excluding hydrogens is 331 g/mol. The smallest absolute Gasteiger partial charge is 0.324 e. The molecule has 0 radical (unpaired) electrons. The molecule has 1 aromatic rings. The van der Waals surface area contributed by atoms with Gasteiger partial charge in [0.25, 0.3) is 0 Å². The van der Waals surface area contributed by atoms with Crippen molar-refractivity contribution in [2.75, 3.05) is 17.9 Å². The molecule has 0 saturated carbocycles. The number of nitrogens with one attached hydrogen (secondary N) is 1. The van der Waals surface area contributed by atoms with Crippen LogP contribution >= 0.6 is 31.1 Å². The van der Waals surface area contributed by atoms with E-state index >= 15 is 0 Å².